The number of hydrogen-bond acceptors (Lipinski definition) is 10. The Bertz CT molecular complexity index is 2130. The van der Waals surface area contributed by atoms with Crippen LogP contribution in [-0.2, 0) is 25.7 Å². The number of hydrogen-bond donors (Lipinski definition) is 2. The number of nitrogens with zero attached hydrogens (tertiary/aromatic N) is 3. The molecule has 2 amide bonds. The number of rotatable bonds is 13. The predicted octanol–water partition coefficient (Wildman–Crippen LogP) is 7.00. The number of carbonyl (C=O) groups is 3. The molecule has 0 spiro atoms. The van der Waals surface area contributed by atoms with Crippen molar-refractivity contribution in [1.29, 1.82) is 0 Å². The summed E-state index contributed by atoms with van der Waals surface area (Å²) < 4.78 is 31.0. The van der Waals surface area contributed by atoms with Crippen molar-refractivity contribution < 1.29 is 38.1 Å². The molecule has 15 heteroatoms. The highest BCUT2D eigenvalue weighted by molar-refractivity contribution is 6.34. The van der Waals surface area contributed by atoms with Gasteiger partial charge in [0, 0.05) is 52.3 Å². The molecule has 1 atom stereocenters. The first-order chi connectivity index (χ1) is 27.0. The number of carbonyl (C=O) groups excluding carboxylic acids is 3. The highest BCUT2D eigenvalue weighted by Gasteiger charge is 2.39. The standard InChI is InChI=1S/C42H49Cl2N5O8/c1-41(2,3)57-36(50)12-11-33(45)39(51)46-13-8-15-55-29-10-7-9-25(17-29)30-21-31-35(22-34(30)53-6)56-23-32-37(40(52)48-14-16-54-24-42(48,4)5)47-49(38(31)32)28-19-26(43)18-27(44)20-28/h7,9-10,17-22,33H,8,11-16,23-24,45H2,1-6H3,(H,46,51)/t33-/m1/s1. The summed E-state index contributed by atoms with van der Waals surface area (Å²) in [5, 5.41) is 8.57. The lowest BCUT2D eigenvalue weighted by molar-refractivity contribution is -0.155. The Kier molecular flexibility index (Phi) is 12.7. The van der Waals surface area contributed by atoms with E-state index in [9.17, 15) is 14.4 Å². The fraction of sp³-hybridized carbons (Fsp3) is 0.429. The van der Waals surface area contributed by atoms with Gasteiger partial charge in [-0.3, -0.25) is 14.4 Å². The molecule has 0 saturated carbocycles. The van der Waals surface area contributed by atoms with Crippen molar-refractivity contribution in [2.24, 2.45) is 5.73 Å². The number of nitrogens with one attached hydrogen (secondary N) is 1. The Morgan fingerprint density at radius 3 is 2.51 bits per heavy atom. The molecule has 13 nitrogen and oxygen atoms in total. The van der Waals surface area contributed by atoms with Gasteiger partial charge in [-0.25, -0.2) is 4.68 Å². The topological polar surface area (TPSA) is 156 Å². The van der Waals surface area contributed by atoms with E-state index >= 15 is 0 Å². The van der Waals surface area contributed by atoms with Crippen LogP contribution in [0.1, 0.15) is 69.9 Å². The van der Waals surface area contributed by atoms with Crippen molar-refractivity contribution in [3.8, 4) is 45.3 Å². The molecule has 0 unspecified atom stereocenters. The number of amides is 2. The molecule has 3 aromatic carbocycles. The maximum atomic E-state index is 14.3. The van der Waals surface area contributed by atoms with Gasteiger partial charge in [0.1, 0.15) is 29.5 Å². The van der Waals surface area contributed by atoms with Gasteiger partial charge in [0.25, 0.3) is 5.91 Å². The SMILES string of the molecule is COc1cc2c(cc1-c1cccc(OCCCNC(=O)[C@H](N)CCC(=O)OC(C)(C)C)c1)-c1c(c(C(=O)N3CCOCC3(C)C)nn1-c1cc(Cl)cc(Cl)c1)CO2. The molecule has 4 aromatic rings. The van der Waals surface area contributed by atoms with E-state index in [1.807, 2.05) is 50.2 Å². The number of methoxy groups -OCH3 is 1. The highest BCUT2D eigenvalue weighted by Crippen LogP contribution is 2.47. The Morgan fingerprint density at radius 1 is 1.05 bits per heavy atom. The summed E-state index contributed by atoms with van der Waals surface area (Å²) in [6, 6.07) is 15.7. The van der Waals surface area contributed by atoms with E-state index in [4.69, 9.17) is 57.7 Å². The third-order valence-corrected chi connectivity index (χ3v) is 9.98. The summed E-state index contributed by atoms with van der Waals surface area (Å²) in [6.45, 7) is 11.3. The highest BCUT2D eigenvalue weighted by atomic mass is 35.5. The minimum absolute atomic E-state index is 0.0586. The molecule has 0 bridgehead atoms. The maximum absolute atomic E-state index is 14.3. The summed E-state index contributed by atoms with van der Waals surface area (Å²) in [7, 11) is 1.59. The number of halogens is 2. The Balaban J connectivity index is 1.22. The average molecular weight is 823 g/mol. The van der Waals surface area contributed by atoms with Crippen molar-refractivity contribution >= 4 is 41.0 Å². The van der Waals surface area contributed by atoms with Crippen molar-refractivity contribution in [3.63, 3.8) is 0 Å². The van der Waals surface area contributed by atoms with Crippen molar-refractivity contribution in [3.05, 3.63) is 75.9 Å². The molecule has 1 fully saturated rings. The number of aromatic nitrogens is 2. The van der Waals surface area contributed by atoms with Gasteiger partial charge in [-0.2, -0.15) is 5.10 Å². The van der Waals surface area contributed by atoms with Crippen LogP contribution in [0, 0.1) is 0 Å². The fourth-order valence-electron chi connectivity index (χ4n) is 6.81. The minimum atomic E-state index is -0.825. The molecule has 1 aromatic heterocycles. The molecule has 2 aliphatic rings. The first kappa shape index (κ1) is 41.8. The van der Waals surface area contributed by atoms with E-state index in [-0.39, 0.29) is 37.0 Å². The van der Waals surface area contributed by atoms with E-state index in [1.54, 1.807) is 55.7 Å². The monoisotopic (exact) mass is 821 g/mol. The molecule has 1 saturated heterocycles. The molecular weight excluding hydrogens is 773 g/mol. The molecule has 57 heavy (non-hydrogen) atoms. The third kappa shape index (κ3) is 9.84. The van der Waals surface area contributed by atoms with Gasteiger partial charge in [-0.05, 0) is 89.4 Å². The van der Waals surface area contributed by atoms with Crippen molar-refractivity contribution in [2.75, 3.05) is 40.0 Å². The van der Waals surface area contributed by atoms with E-state index in [0.717, 1.165) is 11.1 Å². The number of esters is 1. The van der Waals surface area contributed by atoms with Crippen LogP contribution in [-0.4, -0.2) is 89.7 Å². The summed E-state index contributed by atoms with van der Waals surface area (Å²) >= 11 is 13.0. The number of fused-ring (bicyclic) bond motifs is 3. The van der Waals surface area contributed by atoms with Gasteiger partial charge < -0.3 is 39.6 Å². The lowest BCUT2D eigenvalue weighted by Crippen LogP contribution is -2.55. The number of nitrogens with two attached hydrogens (primary N) is 1. The van der Waals surface area contributed by atoms with E-state index in [1.165, 1.54) is 0 Å². The quantitative estimate of drug-likeness (QED) is 0.106. The zero-order chi connectivity index (χ0) is 41.1. The Morgan fingerprint density at radius 2 is 1.81 bits per heavy atom. The van der Waals surface area contributed by atoms with Gasteiger partial charge in [0.2, 0.25) is 5.91 Å². The third-order valence-electron chi connectivity index (χ3n) is 9.55. The molecule has 304 valence electrons. The molecule has 3 N–H and O–H groups in total. The molecule has 2 aliphatic heterocycles. The second-order valence-corrected chi connectivity index (χ2v) is 16.5. The molecule has 0 radical (unpaired) electrons. The average Bonchev–Trinajstić information content (AvgIpc) is 3.55. The normalized spacial score (nSPS) is 15.1. The smallest absolute Gasteiger partial charge is 0.306 e. The van der Waals surface area contributed by atoms with Crippen LogP contribution in [0.2, 0.25) is 10.0 Å². The van der Waals surface area contributed by atoms with Crippen LogP contribution in [0.3, 0.4) is 0 Å². The van der Waals surface area contributed by atoms with Crippen LogP contribution in [0.5, 0.6) is 17.2 Å². The largest absolute Gasteiger partial charge is 0.496 e. The van der Waals surface area contributed by atoms with Crippen molar-refractivity contribution in [2.45, 2.75) is 77.7 Å². The van der Waals surface area contributed by atoms with Gasteiger partial charge in [0.15, 0.2) is 5.69 Å². The summed E-state index contributed by atoms with van der Waals surface area (Å²) in [5.74, 6) is 0.789. The minimum Gasteiger partial charge on any atom is -0.496 e. The van der Waals surface area contributed by atoms with Crippen LogP contribution >= 0.6 is 23.2 Å². The fourth-order valence-corrected chi connectivity index (χ4v) is 7.33. The van der Waals surface area contributed by atoms with Crippen LogP contribution in [0.4, 0.5) is 0 Å². The van der Waals surface area contributed by atoms with Gasteiger partial charge >= 0.3 is 5.97 Å². The summed E-state index contributed by atoms with van der Waals surface area (Å²) in [6.07, 6.45) is 0.771. The van der Waals surface area contributed by atoms with Gasteiger partial charge in [-0.15, -0.1) is 0 Å². The predicted molar refractivity (Wildman–Crippen MR) is 217 cm³/mol. The first-order valence-electron chi connectivity index (χ1n) is 18.9. The second-order valence-electron chi connectivity index (χ2n) is 15.6. The molecule has 0 aliphatic carbocycles. The number of ether oxygens (including phenoxy) is 5. The Labute approximate surface area is 342 Å². The zero-order valence-corrected chi connectivity index (χ0v) is 34.6. The maximum Gasteiger partial charge on any atom is 0.306 e. The van der Waals surface area contributed by atoms with Gasteiger partial charge in [0.05, 0.1) is 49.9 Å². The van der Waals surface area contributed by atoms with E-state index in [2.05, 4.69) is 5.32 Å². The lowest BCUT2D eigenvalue weighted by Gasteiger charge is -2.41. The van der Waals surface area contributed by atoms with Crippen LogP contribution in [0.15, 0.2) is 54.6 Å². The lowest BCUT2D eigenvalue weighted by atomic mass is 9.95. The van der Waals surface area contributed by atoms with Crippen molar-refractivity contribution in [1.82, 2.24) is 20.0 Å². The molecule has 6 rings (SSSR count). The Hall–Kier alpha value is -4.82. The summed E-state index contributed by atoms with van der Waals surface area (Å²) in [4.78, 5) is 40.6. The zero-order valence-electron chi connectivity index (χ0n) is 33.1. The van der Waals surface area contributed by atoms with E-state index in [0.29, 0.717) is 89.1 Å². The van der Waals surface area contributed by atoms with Crippen LogP contribution < -0.4 is 25.3 Å². The molecule has 3 heterocycles. The first-order valence-corrected chi connectivity index (χ1v) is 19.6. The van der Waals surface area contributed by atoms with Crippen LogP contribution in [0.25, 0.3) is 28.1 Å². The second kappa shape index (κ2) is 17.4. The number of benzene rings is 3. The molecular formula is C42H49Cl2N5O8. The van der Waals surface area contributed by atoms with E-state index < -0.39 is 23.2 Å². The summed E-state index contributed by atoms with van der Waals surface area (Å²) in [5.41, 5.74) is 9.29. The number of morpholine rings is 1. The van der Waals surface area contributed by atoms with Gasteiger partial charge in [-0.1, -0.05) is 35.3 Å².